The molecule has 0 aliphatic carbocycles. The van der Waals surface area contributed by atoms with Crippen molar-refractivity contribution in [1.82, 2.24) is 10.6 Å². The molecule has 0 heterocycles. The Bertz CT molecular complexity index is 221. The fourth-order valence-corrected chi connectivity index (χ4v) is 1.14. The van der Waals surface area contributed by atoms with Crippen molar-refractivity contribution >= 4 is 12.0 Å². The third-order valence-corrected chi connectivity index (χ3v) is 1.92. The molecule has 0 saturated carbocycles. The number of carboxylic acids is 1. The van der Waals surface area contributed by atoms with Crippen LogP contribution in [0.15, 0.2) is 0 Å². The predicted molar refractivity (Wildman–Crippen MR) is 59.4 cm³/mol. The summed E-state index contributed by atoms with van der Waals surface area (Å²) in [5.74, 6) is -1.01. The lowest BCUT2D eigenvalue weighted by Gasteiger charge is -2.14. The van der Waals surface area contributed by atoms with Gasteiger partial charge in [-0.25, -0.2) is 9.59 Å². The van der Waals surface area contributed by atoms with Crippen molar-refractivity contribution in [3.05, 3.63) is 0 Å². The molecule has 6 nitrogen and oxygen atoms in total. The standard InChI is InChI=1S/C10H20N2O4/c1-3-5-8(9(13)14)12-10(15)11-6-7-16-4-2/h8H,3-7H2,1-2H3,(H,13,14)(H2,11,12,15)/t8-/m0/s1. The zero-order valence-electron chi connectivity index (χ0n) is 9.78. The van der Waals surface area contributed by atoms with Gasteiger partial charge in [0.15, 0.2) is 0 Å². The quantitative estimate of drug-likeness (QED) is 0.534. The van der Waals surface area contributed by atoms with E-state index in [2.05, 4.69) is 10.6 Å². The average molecular weight is 232 g/mol. The van der Waals surface area contributed by atoms with Gasteiger partial charge in [0.05, 0.1) is 6.61 Å². The highest BCUT2D eigenvalue weighted by atomic mass is 16.5. The Kier molecular flexibility index (Phi) is 8.24. The molecule has 0 spiro atoms. The number of urea groups is 1. The van der Waals surface area contributed by atoms with Crippen molar-refractivity contribution in [2.24, 2.45) is 0 Å². The lowest BCUT2D eigenvalue weighted by atomic mass is 10.2. The summed E-state index contributed by atoms with van der Waals surface area (Å²) in [4.78, 5) is 22.0. The maximum Gasteiger partial charge on any atom is 0.326 e. The van der Waals surface area contributed by atoms with Gasteiger partial charge in [0.2, 0.25) is 0 Å². The molecule has 0 radical (unpaired) electrons. The van der Waals surface area contributed by atoms with Crippen LogP contribution in [0.2, 0.25) is 0 Å². The van der Waals surface area contributed by atoms with Crippen LogP contribution in [0, 0.1) is 0 Å². The molecule has 0 unspecified atom stereocenters. The molecular formula is C10H20N2O4. The van der Waals surface area contributed by atoms with E-state index in [0.717, 1.165) is 0 Å². The Morgan fingerprint density at radius 2 is 2.06 bits per heavy atom. The van der Waals surface area contributed by atoms with Gasteiger partial charge < -0.3 is 20.5 Å². The molecule has 0 aromatic heterocycles. The van der Waals surface area contributed by atoms with E-state index >= 15 is 0 Å². The first kappa shape index (κ1) is 14.7. The van der Waals surface area contributed by atoms with Gasteiger partial charge in [-0.15, -0.1) is 0 Å². The van der Waals surface area contributed by atoms with Gasteiger partial charge in [0, 0.05) is 13.2 Å². The van der Waals surface area contributed by atoms with E-state index in [4.69, 9.17) is 9.84 Å². The molecule has 0 aromatic rings. The molecule has 0 aliphatic rings. The minimum absolute atomic E-state index is 0.373. The first-order chi connectivity index (χ1) is 7.61. The first-order valence-electron chi connectivity index (χ1n) is 5.46. The number of amides is 2. The Hall–Kier alpha value is -1.30. The second kappa shape index (κ2) is 8.96. The fourth-order valence-electron chi connectivity index (χ4n) is 1.14. The molecule has 94 valence electrons. The van der Waals surface area contributed by atoms with Gasteiger partial charge in [-0.05, 0) is 13.3 Å². The van der Waals surface area contributed by atoms with Crippen molar-refractivity contribution in [2.45, 2.75) is 32.7 Å². The lowest BCUT2D eigenvalue weighted by molar-refractivity contribution is -0.139. The number of ether oxygens (including phenoxy) is 1. The number of aliphatic carboxylic acids is 1. The van der Waals surface area contributed by atoms with Crippen LogP contribution in [0.5, 0.6) is 0 Å². The van der Waals surface area contributed by atoms with Crippen molar-refractivity contribution in [1.29, 1.82) is 0 Å². The molecule has 2 amide bonds. The maximum atomic E-state index is 11.3. The summed E-state index contributed by atoms with van der Waals surface area (Å²) in [6.07, 6.45) is 1.13. The molecule has 0 aromatic carbocycles. The van der Waals surface area contributed by atoms with E-state index in [9.17, 15) is 9.59 Å². The minimum atomic E-state index is -1.01. The smallest absolute Gasteiger partial charge is 0.326 e. The molecule has 1 atom stereocenters. The number of nitrogens with one attached hydrogen (secondary N) is 2. The number of carboxylic acid groups (broad SMARTS) is 1. The van der Waals surface area contributed by atoms with E-state index < -0.39 is 18.0 Å². The van der Waals surface area contributed by atoms with E-state index in [1.807, 2.05) is 13.8 Å². The van der Waals surface area contributed by atoms with Crippen LogP contribution in [0.4, 0.5) is 4.79 Å². The molecule has 0 aliphatic heterocycles. The third-order valence-electron chi connectivity index (χ3n) is 1.92. The van der Waals surface area contributed by atoms with E-state index in [-0.39, 0.29) is 0 Å². The van der Waals surface area contributed by atoms with Crippen LogP contribution in [-0.2, 0) is 9.53 Å². The molecule has 0 fully saturated rings. The summed E-state index contributed by atoms with van der Waals surface area (Å²) in [5.41, 5.74) is 0. The topological polar surface area (TPSA) is 87.7 Å². The Labute approximate surface area is 95.4 Å². The van der Waals surface area contributed by atoms with Crippen molar-refractivity contribution in [3.8, 4) is 0 Å². The van der Waals surface area contributed by atoms with Crippen LogP contribution in [0.25, 0.3) is 0 Å². The van der Waals surface area contributed by atoms with Crippen LogP contribution in [0.1, 0.15) is 26.7 Å². The molecular weight excluding hydrogens is 212 g/mol. The van der Waals surface area contributed by atoms with Crippen LogP contribution >= 0.6 is 0 Å². The van der Waals surface area contributed by atoms with Gasteiger partial charge in [-0.2, -0.15) is 0 Å². The second-order valence-electron chi connectivity index (χ2n) is 3.28. The van der Waals surface area contributed by atoms with Gasteiger partial charge >= 0.3 is 12.0 Å². The molecule has 3 N–H and O–H groups in total. The maximum absolute atomic E-state index is 11.3. The van der Waals surface area contributed by atoms with Gasteiger partial charge in [0.1, 0.15) is 6.04 Å². The Morgan fingerprint density at radius 3 is 2.56 bits per heavy atom. The number of carbonyl (C=O) groups excluding carboxylic acids is 1. The molecule has 0 rings (SSSR count). The highest BCUT2D eigenvalue weighted by Gasteiger charge is 2.17. The number of rotatable bonds is 8. The van der Waals surface area contributed by atoms with Crippen molar-refractivity contribution in [3.63, 3.8) is 0 Å². The average Bonchev–Trinajstić information content (AvgIpc) is 2.23. The zero-order chi connectivity index (χ0) is 12.4. The van der Waals surface area contributed by atoms with E-state index in [1.165, 1.54) is 0 Å². The van der Waals surface area contributed by atoms with Gasteiger partial charge in [-0.3, -0.25) is 0 Å². The lowest BCUT2D eigenvalue weighted by Crippen LogP contribution is -2.46. The zero-order valence-corrected chi connectivity index (χ0v) is 9.78. The summed E-state index contributed by atoms with van der Waals surface area (Å²) in [7, 11) is 0. The van der Waals surface area contributed by atoms with Crippen LogP contribution in [-0.4, -0.2) is 42.9 Å². The first-order valence-corrected chi connectivity index (χ1v) is 5.46. The number of hydrogen-bond acceptors (Lipinski definition) is 3. The second-order valence-corrected chi connectivity index (χ2v) is 3.28. The number of hydrogen-bond donors (Lipinski definition) is 3. The van der Waals surface area contributed by atoms with E-state index in [0.29, 0.717) is 32.6 Å². The van der Waals surface area contributed by atoms with Crippen LogP contribution in [0.3, 0.4) is 0 Å². The summed E-state index contributed by atoms with van der Waals surface area (Å²) < 4.78 is 5.03. The van der Waals surface area contributed by atoms with Gasteiger partial charge in [0.25, 0.3) is 0 Å². The summed E-state index contributed by atoms with van der Waals surface area (Å²) in [5, 5.41) is 13.7. The third kappa shape index (κ3) is 7.05. The predicted octanol–water partition coefficient (Wildman–Crippen LogP) is 0.575. The monoisotopic (exact) mass is 232 g/mol. The Morgan fingerprint density at radius 1 is 1.38 bits per heavy atom. The fraction of sp³-hybridized carbons (Fsp3) is 0.800. The highest BCUT2D eigenvalue weighted by molar-refractivity contribution is 5.82. The molecule has 16 heavy (non-hydrogen) atoms. The minimum Gasteiger partial charge on any atom is -0.480 e. The number of carbonyl (C=O) groups is 2. The SMILES string of the molecule is CCC[C@H](NC(=O)NCCOCC)C(=O)O. The largest absolute Gasteiger partial charge is 0.480 e. The summed E-state index contributed by atoms with van der Waals surface area (Å²) >= 11 is 0. The molecule has 6 heteroatoms. The highest BCUT2D eigenvalue weighted by Crippen LogP contribution is 1.96. The van der Waals surface area contributed by atoms with Crippen molar-refractivity contribution < 1.29 is 19.4 Å². The van der Waals surface area contributed by atoms with Gasteiger partial charge in [-0.1, -0.05) is 13.3 Å². The normalized spacial score (nSPS) is 11.9. The Balaban J connectivity index is 3.77. The molecule has 0 saturated heterocycles. The molecule has 0 bridgehead atoms. The van der Waals surface area contributed by atoms with Crippen molar-refractivity contribution in [2.75, 3.05) is 19.8 Å². The summed E-state index contributed by atoms with van der Waals surface area (Å²) in [6.45, 7) is 5.12. The summed E-state index contributed by atoms with van der Waals surface area (Å²) in [6, 6.07) is -1.29. The van der Waals surface area contributed by atoms with Crippen LogP contribution < -0.4 is 10.6 Å². The van der Waals surface area contributed by atoms with E-state index in [1.54, 1.807) is 0 Å².